The molecule has 1 amide bonds. The van der Waals surface area contributed by atoms with Crippen molar-refractivity contribution in [3.05, 3.63) is 61.4 Å². The smallest absolute Gasteiger partial charge is 0.305 e. The molecular formula is C24H23Br2NO5S2. The fourth-order valence-corrected chi connectivity index (χ4v) is 5.29. The molecule has 0 radical (unpaired) electrons. The predicted octanol–water partition coefficient (Wildman–Crippen LogP) is 6.34. The number of ether oxygens (including phenoxy) is 3. The molecule has 180 valence electrons. The lowest BCUT2D eigenvalue weighted by atomic mass is 10.1. The predicted molar refractivity (Wildman–Crippen MR) is 145 cm³/mol. The molecule has 1 aliphatic rings. The van der Waals surface area contributed by atoms with Crippen molar-refractivity contribution in [2.24, 2.45) is 0 Å². The van der Waals surface area contributed by atoms with E-state index >= 15 is 0 Å². The third kappa shape index (κ3) is 7.07. The number of thiocarbonyl (C=S) groups is 1. The molecule has 2 aromatic rings. The Balaban J connectivity index is 1.76. The SMILES string of the molecule is CCOc1cc(/C=C2/SC(=S)N(CCCC(=O)OC)C2=O)cc(Br)c1OCc1ccc(Br)cc1. The van der Waals surface area contributed by atoms with Gasteiger partial charge < -0.3 is 14.2 Å². The van der Waals surface area contributed by atoms with E-state index in [1.165, 1.54) is 23.8 Å². The number of hydrogen-bond acceptors (Lipinski definition) is 7. The number of hydrogen-bond donors (Lipinski definition) is 0. The highest BCUT2D eigenvalue weighted by atomic mass is 79.9. The average molecular weight is 629 g/mol. The summed E-state index contributed by atoms with van der Waals surface area (Å²) in [6, 6.07) is 11.6. The summed E-state index contributed by atoms with van der Waals surface area (Å²) in [6.45, 7) is 3.12. The fraction of sp³-hybridized carbons (Fsp3) is 0.292. The molecule has 0 aliphatic carbocycles. The number of methoxy groups -OCH3 is 1. The maximum absolute atomic E-state index is 12.9. The minimum absolute atomic E-state index is 0.176. The largest absolute Gasteiger partial charge is 0.490 e. The average Bonchev–Trinajstić information content (AvgIpc) is 3.07. The summed E-state index contributed by atoms with van der Waals surface area (Å²) in [5.41, 5.74) is 1.80. The van der Waals surface area contributed by atoms with Crippen molar-refractivity contribution in [2.75, 3.05) is 20.3 Å². The molecule has 1 heterocycles. The molecule has 0 saturated carbocycles. The van der Waals surface area contributed by atoms with E-state index in [1.807, 2.05) is 43.3 Å². The first-order valence-electron chi connectivity index (χ1n) is 10.5. The molecule has 0 unspecified atom stereocenters. The van der Waals surface area contributed by atoms with E-state index in [-0.39, 0.29) is 18.3 Å². The van der Waals surface area contributed by atoms with Gasteiger partial charge in [-0.05, 0) is 70.7 Å². The minimum atomic E-state index is -0.309. The molecule has 0 aromatic heterocycles. The Morgan fingerprint density at radius 1 is 1.18 bits per heavy atom. The monoisotopic (exact) mass is 627 g/mol. The second-order valence-corrected chi connectivity index (χ2v) is 10.6. The van der Waals surface area contributed by atoms with E-state index in [0.717, 1.165) is 20.1 Å². The molecular weight excluding hydrogens is 606 g/mol. The van der Waals surface area contributed by atoms with Crippen LogP contribution >= 0.6 is 55.8 Å². The van der Waals surface area contributed by atoms with E-state index in [0.29, 0.717) is 46.9 Å². The van der Waals surface area contributed by atoms with Crippen LogP contribution in [0.5, 0.6) is 11.5 Å². The third-order valence-electron chi connectivity index (χ3n) is 4.79. The van der Waals surface area contributed by atoms with Gasteiger partial charge in [0.25, 0.3) is 5.91 Å². The van der Waals surface area contributed by atoms with Crippen LogP contribution in [-0.4, -0.2) is 41.4 Å². The Bertz CT molecular complexity index is 1110. The first-order valence-corrected chi connectivity index (χ1v) is 13.3. The highest BCUT2D eigenvalue weighted by molar-refractivity contribution is 9.10. The van der Waals surface area contributed by atoms with E-state index in [9.17, 15) is 9.59 Å². The summed E-state index contributed by atoms with van der Waals surface area (Å²) in [4.78, 5) is 26.2. The Labute approximate surface area is 225 Å². The van der Waals surface area contributed by atoms with Crippen molar-refractivity contribution in [3.63, 3.8) is 0 Å². The normalized spacial score (nSPS) is 14.6. The number of carbonyl (C=O) groups is 2. The third-order valence-corrected chi connectivity index (χ3v) is 7.29. The summed E-state index contributed by atoms with van der Waals surface area (Å²) in [7, 11) is 1.34. The van der Waals surface area contributed by atoms with Gasteiger partial charge in [0.2, 0.25) is 0 Å². The van der Waals surface area contributed by atoms with E-state index in [2.05, 4.69) is 36.6 Å². The number of esters is 1. The van der Waals surface area contributed by atoms with Gasteiger partial charge in [0.1, 0.15) is 10.9 Å². The van der Waals surface area contributed by atoms with Gasteiger partial charge in [-0.3, -0.25) is 14.5 Å². The molecule has 3 rings (SSSR count). The molecule has 0 N–H and O–H groups in total. The van der Waals surface area contributed by atoms with Gasteiger partial charge in [0.15, 0.2) is 11.5 Å². The van der Waals surface area contributed by atoms with Crippen LogP contribution in [0.4, 0.5) is 0 Å². The Morgan fingerprint density at radius 2 is 1.91 bits per heavy atom. The van der Waals surface area contributed by atoms with Crippen LogP contribution in [0.2, 0.25) is 0 Å². The standard InChI is InChI=1S/C24H23Br2NO5S2/c1-3-31-19-12-16(11-18(26)22(19)32-14-15-6-8-17(25)9-7-15)13-20-23(29)27(24(33)34-20)10-4-5-21(28)30-2/h6-9,11-13H,3-5,10,14H2,1-2H3/b20-13+. The number of halogens is 2. The van der Waals surface area contributed by atoms with Crippen LogP contribution in [0.1, 0.15) is 30.9 Å². The Kier molecular flexibility index (Phi) is 9.99. The number of carbonyl (C=O) groups excluding carboxylic acids is 2. The maximum Gasteiger partial charge on any atom is 0.305 e. The summed E-state index contributed by atoms with van der Waals surface area (Å²) in [5, 5.41) is 0. The molecule has 34 heavy (non-hydrogen) atoms. The second kappa shape index (κ2) is 12.7. The zero-order valence-corrected chi connectivity index (χ0v) is 23.4. The summed E-state index contributed by atoms with van der Waals surface area (Å²) >= 11 is 13.6. The van der Waals surface area contributed by atoms with Gasteiger partial charge in [0, 0.05) is 17.4 Å². The second-order valence-electron chi connectivity index (χ2n) is 7.19. The van der Waals surface area contributed by atoms with Crippen molar-refractivity contribution in [3.8, 4) is 11.5 Å². The lowest BCUT2D eigenvalue weighted by molar-refractivity contribution is -0.141. The van der Waals surface area contributed by atoms with Crippen molar-refractivity contribution in [2.45, 2.75) is 26.4 Å². The van der Waals surface area contributed by atoms with Crippen LogP contribution in [-0.2, 0) is 20.9 Å². The molecule has 6 nitrogen and oxygen atoms in total. The summed E-state index contributed by atoms with van der Waals surface area (Å²) in [6.07, 6.45) is 2.50. The zero-order valence-electron chi connectivity index (χ0n) is 18.6. The van der Waals surface area contributed by atoms with Crippen molar-refractivity contribution in [1.29, 1.82) is 0 Å². The summed E-state index contributed by atoms with van der Waals surface area (Å²) < 4.78 is 18.7. The van der Waals surface area contributed by atoms with Crippen LogP contribution in [0.25, 0.3) is 6.08 Å². The molecule has 0 atom stereocenters. The van der Waals surface area contributed by atoms with E-state index in [1.54, 1.807) is 6.08 Å². The van der Waals surface area contributed by atoms with E-state index in [4.69, 9.17) is 21.7 Å². The van der Waals surface area contributed by atoms with Gasteiger partial charge >= 0.3 is 5.97 Å². The van der Waals surface area contributed by atoms with Crippen molar-refractivity contribution < 1.29 is 23.8 Å². The topological polar surface area (TPSA) is 65.1 Å². The Morgan fingerprint density at radius 3 is 2.59 bits per heavy atom. The number of rotatable bonds is 10. The Hall–Kier alpha value is -1.88. The quantitative estimate of drug-likeness (QED) is 0.173. The number of thioether (sulfide) groups is 1. The van der Waals surface area contributed by atoms with Crippen LogP contribution < -0.4 is 9.47 Å². The highest BCUT2D eigenvalue weighted by Crippen LogP contribution is 2.40. The van der Waals surface area contributed by atoms with Crippen LogP contribution in [0.3, 0.4) is 0 Å². The van der Waals surface area contributed by atoms with Gasteiger partial charge in [-0.2, -0.15) is 0 Å². The molecule has 0 bridgehead atoms. The lowest BCUT2D eigenvalue weighted by Crippen LogP contribution is -2.29. The summed E-state index contributed by atoms with van der Waals surface area (Å²) in [5.74, 6) is 0.687. The van der Waals surface area contributed by atoms with Crippen LogP contribution in [0, 0.1) is 0 Å². The number of amides is 1. The number of nitrogens with zero attached hydrogens (tertiary/aromatic N) is 1. The van der Waals surface area contributed by atoms with Gasteiger partial charge in [-0.25, -0.2) is 0 Å². The highest BCUT2D eigenvalue weighted by Gasteiger charge is 2.31. The molecule has 1 saturated heterocycles. The van der Waals surface area contributed by atoms with Gasteiger partial charge in [0.05, 0.1) is 23.1 Å². The van der Waals surface area contributed by atoms with Crippen molar-refractivity contribution in [1.82, 2.24) is 4.90 Å². The zero-order chi connectivity index (χ0) is 24.7. The first-order chi connectivity index (χ1) is 16.3. The van der Waals surface area contributed by atoms with Crippen molar-refractivity contribution >= 4 is 78.1 Å². The molecule has 0 spiro atoms. The minimum Gasteiger partial charge on any atom is -0.490 e. The molecule has 1 aliphatic heterocycles. The lowest BCUT2D eigenvalue weighted by Gasteiger charge is -2.15. The number of benzene rings is 2. The van der Waals surface area contributed by atoms with Gasteiger partial charge in [-0.15, -0.1) is 0 Å². The van der Waals surface area contributed by atoms with Crippen LogP contribution in [0.15, 0.2) is 50.2 Å². The van der Waals surface area contributed by atoms with Gasteiger partial charge in [-0.1, -0.05) is 52.0 Å². The molecule has 2 aromatic carbocycles. The maximum atomic E-state index is 12.9. The molecule has 1 fully saturated rings. The first kappa shape index (κ1) is 26.7. The van der Waals surface area contributed by atoms with E-state index < -0.39 is 0 Å². The molecule has 10 heteroatoms. The fourth-order valence-electron chi connectivity index (χ4n) is 3.14.